The number of fused-ring (bicyclic) bond motifs is 2. The van der Waals surface area contributed by atoms with Crippen molar-refractivity contribution in [3.05, 3.63) is 83.7 Å². The molecule has 1 amide bonds. The van der Waals surface area contributed by atoms with E-state index < -0.39 is 0 Å². The molecule has 0 fully saturated rings. The number of amides is 1. The third-order valence-corrected chi connectivity index (χ3v) is 7.80. The van der Waals surface area contributed by atoms with Gasteiger partial charge in [-0.05, 0) is 74.0 Å². The predicted octanol–water partition coefficient (Wildman–Crippen LogP) is 6.35. The number of carbonyl (C=O) groups excluding carboxylic acids is 1. The van der Waals surface area contributed by atoms with E-state index >= 15 is 0 Å². The maximum Gasteiger partial charge on any atom is 0.226 e. The van der Waals surface area contributed by atoms with E-state index in [-0.39, 0.29) is 23.6 Å². The molecule has 0 spiro atoms. The van der Waals surface area contributed by atoms with Crippen LogP contribution in [-0.4, -0.2) is 63.1 Å². The number of hydrogen-bond donors (Lipinski definition) is 4. The number of hydrogen-bond acceptors (Lipinski definition) is 6. The van der Waals surface area contributed by atoms with E-state index in [1.54, 1.807) is 30.7 Å². The van der Waals surface area contributed by atoms with Gasteiger partial charge in [-0.25, -0.2) is 9.37 Å². The number of likely N-dealkylation sites (N-methyl/N-ethyl adjacent to an activating group) is 1. The number of aromatic amines is 2. The quantitative estimate of drug-likeness (QED) is 0.159. The zero-order valence-corrected chi connectivity index (χ0v) is 25.6. The lowest BCUT2D eigenvalue weighted by Crippen LogP contribution is -2.20. The molecule has 4 aromatic heterocycles. The first-order valence-corrected chi connectivity index (χ1v) is 14.9. The minimum atomic E-state index is -0.273. The Labute approximate surface area is 256 Å². The molecule has 1 atom stereocenters. The fourth-order valence-corrected chi connectivity index (χ4v) is 5.52. The first-order chi connectivity index (χ1) is 21.1. The summed E-state index contributed by atoms with van der Waals surface area (Å²) in [4.78, 5) is 26.9. The highest BCUT2D eigenvalue weighted by Gasteiger charge is 2.24. The summed E-state index contributed by atoms with van der Waals surface area (Å²) in [5.74, 6) is -0.200. The molecule has 0 bridgehead atoms. The molecular weight excluding hydrogens is 555 g/mol. The fourth-order valence-electron chi connectivity index (χ4n) is 5.52. The first kappa shape index (κ1) is 29.3. The molecule has 10 heteroatoms. The lowest BCUT2D eigenvalue weighted by molar-refractivity contribution is -0.118. The highest BCUT2D eigenvalue weighted by atomic mass is 19.1. The Kier molecular flexibility index (Phi) is 8.01. The monoisotopic (exact) mass is 592 g/mol. The van der Waals surface area contributed by atoms with Crippen LogP contribution in [0.25, 0.3) is 39.1 Å². The van der Waals surface area contributed by atoms with Crippen LogP contribution in [0.5, 0.6) is 0 Å². The van der Waals surface area contributed by atoms with Gasteiger partial charge in [-0.15, -0.1) is 0 Å². The lowest BCUT2D eigenvalue weighted by atomic mass is 9.86. The second kappa shape index (κ2) is 12.0. The molecule has 0 saturated carbocycles. The van der Waals surface area contributed by atoms with Crippen LogP contribution in [-0.2, 0) is 11.2 Å². The molecule has 5 aromatic rings. The van der Waals surface area contributed by atoms with E-state index in [1.807, 2.05) is 46.1 Å². The molecule has 1 aliphatic carbocycles. The van der Waals surface area contributed by atoms with Gasteiger partial charge in [0.15, 0.2) is 5.65 Å². The van der Waals surface area contributed by atoms with Gasteiger partial charge in [0.05, 0.1) is 17.6 Å². The number of anilines is 2. The topological polar surface area (TPSA) is 115 Å². The zero-order valence-electron chi connectivity index (χ0n) is 25.6. The van der Waals surface area contributed by atoms with E-state index in [1.165, 1.54) is 0 Å². The summed E-state index contributed by atoms with van der Waals surface area (Å²) in [6, 6.07) is 11.2. The molecule has 1 aliphatic rings. The fraction of sp³-hybridized carbons (Fsp3) is 0.294. The van der Waals surface area contributed by atoms with Crippen LogP contribution in [0.2, 0.25) is 0 Å². The number of pyridine rings is 2. The van der Waals surface area contributed by atoms with Gasteiger partial charge in [0.25, 0.3) is 0 Å². The highest BCUT2D eigenvalue weighted by molar-refractivity contribution is 5.95. The normalized spacial score (nSPS) is 14.6. The van der Waals surface area contributed by atoms with E-state index in [0.717, 1.165) is 75.5 Å². The van der Waals surface area contributed by atoms with E-state index in [2.05, 4.69) is 59.7 Å². The molecule has 9 nitrogen and oxygen atoms in total. The summed E-state index contributed by atoms with van der Waals surface area (Å²) in [5, 5.41) is 14.8. The molecule has 4 heterocycles. The minimum Gasteiger partial charge on any atom is -0.384 e. The SMILES string of the molecule is CC1C=C(c2cc(F)cc(NCCN(C)C)c2)c2cc(-c3n[nH]c4ncc(-c5cncc(NC(=O)C(C)C)c5)cc34)[nH]c2C1. The van der Waals surface area contributed by atoms with Gasteiger partial charge in [-0.1, -0.05) is 26.8 Å². The number of H-pyrrole nitrogens is 2. The zero-order chi connectivity index (χ0) is 31.0. The van der Waals surface area contributed by atoms with Crippen LogP contribution >= 0.6 is 0 Å². The third kappa shape index (κ3) is 6.12. The summed E-state index contributed by atoms with van der Waals surface area (Å²) < 4.78 is 14.8. The van der Waals surface area contributed by atoms with Crippen molar-refractivity contribution in [3.63, 3.8) is 0 Å². The van der Waals surface area contributed by atoms with Crippen molar-refractivity contribution in [1.29, 1.82) is 0 Å². The average molecular weight is 593 g/mol. The summed E-state index contributed by atoms with van der Waals surface area (Å²) >= 11 is 0. The van der Waals surface area contributed by atoms with Gasteiger partial charge in [0.2, 0.25) is 5.91 Å². The molecule has 44 heavy (non-hydrogen) atoms. The molecule has 1 unspecified atom stereocenters. The van der Waals surface area contributed by atoms with Crippen molar-refractivity contribution in [2.45, 2.75) is 27.2 Å². The molecule has 0 aliphatic heterocycles. The predicted molar refractivity (Wildman–Crippen MR) is 174 cm³/mol. The maximum atomic E-state index is 14.8. The Morgan fingerprint density at radius 1 is 1.05 bits per heavy atom. The Bertz CT molecular complexity index is 1870. The van der Waals surface area contributed by atoms with Gasteiger partial charge in [0.1, 0.15) is 11.5 Å². The molecule has 0 saturated heterocycles. The standard InChI is InChI=1S/C34H37FN8O/c1-19(2)34(44)39-26-12-22(16-36-18-26)23-13-29-32(41-42-33(29)38-17-23)31-15-28-27(8-20(3)9-30(28)40-31)21-10-24(35)14-25(11-21)37-6-7-43(4)5/h8,10-20,37,40H,6-7,9H2,1-5H3,(H,39,44)(H,38,41,42). The molecule has 226 valence electrons. The van der Waals surface area contributed by atoms with Gasteiger partial charge < -0.3 is 20.5 Å². The number of halogens is 1. The van der Waals surface area contributed by atoms with Gasteiger partial charge in [-0.3, -0.25) is 14.9 Å². The Morgan fingerprint density at radius 3 is 2.64 bits per heavy atom. The first-order valence-electron chi connectivity index (χ1n) is 14.9. The lowest BCUT2D eigenvalue weighted by Gasteiger charge is -2.20. The number of carbonyl (C=O) groups is 1. The van der Waals surface area contributed by atoms with Crippen molar-refractivity contribution < 1.29 is 9.18 Å². The second-order valence-corrected chi connectivity index (χ2v) is 12.1. The smallest absolute Gasteiger partial charge is 0.226 e. The summed E-state index contributed by atoms with van der Waals surface area (Å²) in [6.07, 6.45) is 8.22. The van der Waals surface area contributed by atoms with Crippen molar-refractivity contribution in [1.82, 2.24) is 30.0 Å². The summed E-state index contributed by atoms with van der Waals surface area (Å²) in [6.45, 7) is 7.44. The summed E-state index contributed by atoms with van der Waals surface area (Å²) in [7, 11) is 4.03. The average Bonchev–Trinajstić information content (AvgIpc) is 3.60. The Morgan fingerprint density at radius 2 is 1.84 bits per heavy atom. The van der Waals surface area contributed by atoms with E-state index in [4.69, 9.17) is 0 Å². The van der Waals surface area contributed by atoms with Crippen LogP contribution in [0.4, 0.5) is 15.8 Å². The second-order valence-electron chi connectivity index (χ2n) is 12.1. The molecular formula is C34H37FN8O. The van der Waals surface area contributed by atoms with Gasteiger partial charge in [-0.2, -0.15) is 5.10 Å². The van der Waals surface area contributed by atoms with Crippen molar-refractivity contribution in [2.24, 2.45) is 11.8 Å². The molecule has 6 rings (SSSR count). The van der Waals surface area contributed by atoms with Crippen LogP contribution in [0.1, 0.15) is 37.6 Å². The number of allylic oxidation sites excluding steroid dienone is 1. The Balaban J connectivity index is 1.34. The molecule has 0 radical (unpaired) electrons. The highest BCUT2D eigenvalue weighted by Crippen LogP contribution is 2.39. The number of benzene rings is 1. The molecule has 4 N–H and O–H groups in total. The van der Waals surface area contributed by atoms with Crippen LogP contribution in [0.3, 0.4) is 0 Å². The van der Waals surface area contributed by atoms with Crippen molar-refractivity contribution in [2.75, 3.05) is 37.8 Å². The van der Waals surface area contributed by atoms with Crippen LogP contribution in [0.15, 0.2) is 61.1 Å². The van der Waals surface area contributed by atoms with E-state index in [0.29, 0.717) is 11.3 Å². The van der Waals surface area contributed by atoms with Crippen molar-refractivity contribution >= 4 is 33.9 Å². The number of nitrogens with zero attached hydrogens (tertiary/aromatic N) is 4. The summed E-state index contributed by atoms with van der Waals surface area (Å²) in [5.41, 5.74) is 9.32. The maximum absolute atomic E-state index is 14.8. The van der Waals surface area contributed by atoms with Gasteiger partial charge in [0, 0.05) is 64.9 Å². The minimum absolute atomic E-state index is 0.0665. The van der Waals surface area contributed by atoms with Crippen LogP contribution in [0, 0.1) is 17.7 Å². The number of rotatable bonds is 9. The third-order valence-electron chi connectivity index (χ3n) is 7.80. The number of aromatic nitrogens is 5. The van der Waals surface area contributed by atoms with Crippen LogP contribution < -0.4 is 10.6 Å². The molecule has 1 aromatic carbocycles. The largest absolute Gasteiger partial charge is 0.384 e. The Hall–Kier alpha value is -4.83. The van der Waals surface area contributed by atoms with Gasteiger partial charge >= 0.3 is 0 Å². The van der Waals surface area contributed by atoms with Crippen molar-refractivity contribution in [3.8, 4) is 22.5 Å². The number of nitrogens with one attached hydrogen (secondary N) is 4. The van der Waals surface area contributed by atoms with E-state index in [9.17, 15) is 9.18 Å².